The van der Waals surface area contributed by atoms with Crippen LogP contribution >= 0.6 is 0 Å². The number of hydrogen-bond acceptors (Lipinski definition) is 4. The number of amides is 1. The van der Waals surface area contributed by atoms with Crippen molar-refractivity contribution in [2.75, 3.05) is 53.9 Å². The van der Waals surface area contributed by atoms with Gasteiger partial charge >= 0.3 is 0 Å². The molecule has 0 aliphatic carbocycles. The van der Waals surface area contributed by atoms with Crippen LogP contribution in [0.2, 0.25) is 0 Å². The number of nitrogens with one attached hydrogen (secondary N) is 1. The van der Waals surface area contributed by atoms with Crippen molar-refractivity contribution in [1.82, 2.24) is 18.8 Å². The van der Waals surface area contributed by atoms with Gasteiger partial charge in [0.05, 0.1) is 6.54 Å². The van der Waals surface area contributed by atoms with Crippen LogP contribution < -0.4 is 5.32 Å². The summed E-state index contributed by atoms with van der Waals surface area (Å²) in [6, 6.07) is 0. The van der Waals surface area contributed by atoms with Crippen LogP contribution in [0.4, 0.5) is 0 Å². The van der Waals surface area contributed by atoms with Crippen molar-refractivity contribution in [3.8, 4) is 0 Å². The van der Waals surface area contributed by atoms with Gasteiger partial charge in [0.15, 0.2) is 0 Å². The van der Waals surface area contributed by atoms with Crippen LogP contribution in [0.25, 0.3) is 0 Å². The summed E-state index contributed by atoms with van der Waals surface area (Å²) in [4.78, 5) is 13.3. The van der Waals surface area contributed by atoms with E-state index in [0.717, 1.165) is 0 Å². The average Bonchev–Trinajstić information content (AvgIpc) is 2.29. The number of likely N-dealkylation sites (N-methyl/N-ethyl adjacent to an activating group) is 1. The maximum Gasteiger partial charge on any atom is 0.281 e. The van der Waals surface area contributed by atoms with Crippen molar-refractivity contribution >= 4 is 16.1 Å². The first-order valence-corrected chi connectivity index (χ1v) is 6.89. The van der Waals surface area contributed by atoms with E-state index < -0.39 is 10.2 Å². The van der Waals surface area contributed by atoms with Gasteiger partial charge in [0.1, 0.15) is 0 Å². The first kappa shape index (κ1) is 14.4. The van der Waals surface area contributed by atoms with Gasteiger partial charge in [-0.05, 0) is 7.05 Å². The highest BCUT2D eigenvalue weighted by molar-refractivity contribution is 7.86. The first-order valence-electron chi connectivity index (χ1n) is 5.49. The van der Waals surface area contributed by atoms with Crippen LogP contribution in [-0.4, -0.2) is 81.7 Å². The average molecular weight is 264 g/mol. The van der Waals surface area contributed by atoms with Gasteiger partial charge < -0.3 is 10.2 Å². The molecule has 0 aromatic rings. The predicted molar refractivity (Wildman–Crippen MR) is 64.7 cm³/mol. The monoisotopic (exact) mass is 264 g/mol. The quantitative estimate of drug-likeness (QED) is 0.647. The van der Waals surface area contributed by atoms with Gasteiger partial charge in [-0.2, -0.15) is 17.0 Å². The van der Waals surface area contributed by atoms with Gasteiger partial charge in [-0.15, -0.1) is 0 Å². The largest absolute Gasteiger partial charge is 0.339 e. The summed E-state index contributed by atoms with van der Waals surface area (Å²) in [5, 5.41) is 2.79. The molecule has 1 fully saturated rings. The van der Waals surface area contributed by atoms with E-state index in [1.165, 1.54) is 22.7 Å². The fourth-order valence-electron chi connectivity index (χ4n) is 1.66. The number of carbonyl (C=O) groups is 1. The molecule has 0 aromatic carbocycles. The van der Waals surface area contributed by atoms with E-state index in [2.05, 4.69) is 5.32 Å². The molecule has 1 heterocycles. The van der Waals surface area contributed by atoms with Crippen molar-refractivity contribution in [2.24, 2.45) is 0 Å². The molecule has 0 unspecified atom stereocenters. The van der Waals surface area contributed by atoms with Crippen LogP contribution in [0, 0.1) is 0 Å². The van der Waals surface area contributed by atoms with Crippen molar-refractivity contribution in [2.45, 2.75) is 0 Å². The first-order chi connectivity index (χ1) is 7.89. The third-order valence-electron chi connectivity index (χ3n) is 2.71. The third-order valence-corrected chi connectivity index (χ3v) is 4.65. The molecule has 100 valence electrons. The second kappa shape index (κ2) is 5.76. The molecule has 0 atom stereocenters. The van der Waals surface area contributed by atoms with E-state index in [1.54, 1.807) is 11.9 Å². The van der Waals surface area contributed by atoms with E-state index in [4.69, 9.17) is 0 Å². The molecule has 0 saturated carbocycles. The molecule has 1 amide bonds. The Labute approximate surface area is 103 Å². The van der Waals surface area contributed by atoms with Gasteiger partial charge in [-0.25, -0.2) is 0 Å². The fourth-order valence-corrected chi connectivity index (χ4v) is 2.75. The molecule has 1 rings (SSSR count). The second-order valence-electron chi connectivity index (χ2n) is 4.10. The highest BCUT2D eigenvalue weighted by atomic mass is 32.2. The Balaban J connectivity index is 2.54. The van der Waals surface area contributed by atoms with Crippen molar-refractivity contribution in [1.29, 1.82) is 0 Å². The summed E-state index contributed by atoms with van der Waals surface area (Å²) < 4.78 is 26.2. The zero-order valence-corrected chi connectivity index (χ0v) is 11.3. The van der Waals surface area contributed by atoms with Crippen molar-refractivity contribution in [3.63, 3.8) is 0 Å². The van der Waals surface area contributed by atoms with E-state index in [9.17, 15) is 13.2 Å². The van der Waals surface area contributed by atoms with E-state index in [1.807, 2.05) is 0 Å². The minimum atomic E-state index is -3.35. The molecule has 8 heteroatoms. The lowest BCUT2D eigenvalue weighted by Crippen LogP contribution is -2.54. The molecule has 1 saturated heterocycles. The van der Waals surface area contributed by atoms with Crippen LogP contribution in [0.15, 0.2) is 0 Å². The van der Waals surface area contributed by atoms with Crippen LogP contribution in [0.5, 0.6) is 0 Å². The molecule has 0 spiro atoms. The van der Waals surface area contributed by atoms with Gasteiger partial charge in [0.2, 0.25) is 5.91 Å². The topological polar surface area (TPSA) is 73.0 Å². The molecule has 1 aliphatic heterocycles. The van der Waals surface area contributed by atoms with Gasteiger partial charge in [-0.3, -0.25) is 4.79 Å². The minimum absolute atomic E-state index is 0.00870. The predicted octanol–water partition coefficient (Wildman–Crippen LogP) is -1.84. The number of piperazine rings is 1. The summed E-state index contributed by atoms with van der Waals surface area (Å²) in [5.74, 6) is 0.00870. The third kappa shape index (κ3) is 3.38. The summed E-state index contributed by atoms with van der Waals surface area (Å²) in [7, 11) is 1.38. The maximum atomic E-state index is 11.8. The number of carbonyl (C=O) groups excluding carboxylic acids is 1. The van der Waals surface area contributed by atoms with Crippen LogP contribution in [0.1, 0.15) is 0 Å². The van der Waals surface area contributed by atoms with E-state index in [0.29, 0.717) is 32.7 Å². The number of rotatable bonds is 4. The Bertz CT molecular complexity index is 360. The Kier molecular flexibility index (Phi) is 4.87. The SMILES string of the molecule is CNCC(=O)N1CCN(S(=O)(=O)N(C)C)CC1. The lowest BCUT2D eigenvalue weighted by molar-refractivity contribution is -0.131. The summed E-state index contributed by atoms with van der Waals surface area (Å²) in [5.41, 5.74) is 0. The van der Waals surface area contributed by atoms with Crippen LogP contribution in [-0.2, 0) is 15.0 Å². The molecule has 1 N–H and O–H groups in total. The molecule has 0 radical (unpaired) electrons. The van der Waals surface area contributed by atoms with Gasteiger partial charge in [-0.1, -0.05) is 0 Å². The van der Waals surface area contributed by atoms with Crippen molar-refractivity contribution in [3.05, 3.63) is 0 Å². The lowest BCUT2D eigenvalue weighted by atomic mass is 10.3. The molecule has 17 heavy (non-hydrogen) atoms. The molecular formula is C9H20N4O3S. The minimum Gasteiger partial charge on any atom is -0.339 e. The number of hydrogen-bond donors (Lipinski definition) is 1. The Morgan fingerprint density at radius 3 is 2.18 bits per heavy atom. The van der Waals surface area contributed by atoms with Crippen molar-refractivity contribution < 1.29 is 13.2 Å². The van der Waals surface area contributed by atoms with Gasteiger partial charge in [0, 0.05) is 40.3 Å². The smallest absolute Gasteiger partial charge is 0.281 e. The molecule has 0 aromatic heterocycles. The lowest BCUT2D eigenvalue weighted by Gasteiger charge is -2.35. The molecular weight excluding hydrogens is 244 g/mol. The van der Waals surface area contributed by atoms with Gasteiger partial charge in [0.25, 0.3) is 10.2 Å². The number of nitrogens with zero attached hydrogens (tertiary/aromatic N) is 3. The fraction of sp³-hybridized carbons (Fsp3) is 0.889. The summed E-state index contributed by atoms with van der Waals surface area (Å²) in [6.45, 7) is 1.91. The highest BCUT2D eigenvalue weighted by Crippen LogP contribution is 2.09. The maximum absolute atomic E-state index is 11.8. The normalized spacial score (nSPS) is 18.7. The van der Waals surface area contributed by atoms with E-state index >= 15 is 0 Å². The Morgan fingerprint density at radius 2 is 1.76 bits per heavy atom. The Morgan fingerprint density at radius 1 is 1.24 bits per heavy atom. The zero-order valence-electron chi connectivity index (χ0n) is 10.5. The van der Waals surface area contributed by atoms with E-state index in [-0.39, 0.29) is 5.91 Å². The molecule has 1 aliphatic rings. The molecule has 7 nitrogen and oxygen atoms in total. The zero-order chi connectivity index (χ0) is 13.1. The summed E-state index contributed by atoms with van der Waals surface area (Å²) >= 11 is 0. The molecule has 0 bridgehead atoms. The van der Waals surface area contributed by atoms with Crippen LogP contribution in [0.3, 0.4) is 0 Å². The Hall–Kier alpha value is -0.700. The second-order valence-corrected chi connectivity index (χ2v) is 6.24. The highest BCUT2D eigenvalue weighted by Gasteiger charge is 2.29. The standard InChI is InChI=1S/C9H20N4O3S/c1-10-8-9(14)12-4-6-13(7-5-12)17(15,16)11(2)3/h10H,4-8H2,1-3H3. The summed E-state index contributed by atoms with van der Waals surface area (Å²) in [6.07, 6.45) is 0.